The summed E-state index contributed by atoms with van der Waals surface area (Å²) in [6.45, 7) is 2.39. The molecule has 0 unspecified atom stereocenters. The van der Waals surface area contributed by atoms with Gasteiger partial charge in [-0.05, 0) is 18.2 Å². The predicted octanol–water partition coefficient (Wildman–Crippen LogP) is 1.61. The molecule has 3 heterocycles. The number of hydrogen-bond donors (Lipinski definition) is 0. The number of aromatic nitrogens is 4. The molecule has 0 N–H and O–H groups in total. The molecule has 0 atom stereocenters. The maximum atomic E-state index is 13.5. The number of amides is 1. The maximum absolute atomic E-state index is 13.5. The van der Waals surface area contributed by atoms with Crippen LogP contribution >= 0.6 is 11.8 Å². The van der Waals surface area contributed by atoms with Gasteiger partial charge in [0.15, 0.2) is 5.65 Å². The zero-order chi connectivity index (χ0) is 17.4. The highest BCUT2D eigenvalue weighted by Crippen LogP contribution is 2.26. The van der Waals surface area contributed by atoms with Crippen molar-refractivity contribution >= 4 is 39.7 Å². The van der Waals surface area contributed by atoms with Gasteiger partial charge in [-0.1, -0.05) is 11.8 Å². The third kappa shape index (κ3) is 3.05. The Kier molecular flexibility index (Phi) is 4.26. The number of halogens is 1. The minimum atomic E-state index is -0.323. The molecule has 0 aliphatic carbocycles. The van der Waals surface area contributed by atoms with E-state index in [9.17, 15) is 9.18 Å². The molecule has 7 nitrogen and oxygen atoms in total. The molecule has 1 aromatic carbocycles. The molecule has 0 radical (unpaired) electrons. The summed E-state index contributed by atoms with van der Waals surface area (Å²) in [5.74, 6) is -0.0290. The monoisotopic (exact) mass is 361 g/mol. The number of ether oxygens (including phenoxy) is 1. The Morgan fingerprint density at radius 3 is 2.92 bits per heavy atom. The molecule has 0 spiro atoms. The summed E-state index contributed by atoms with van der Waals surface area (Å²) in [6, 6.07) is 4.54. The molecule has 25 heavy (non-hydrogen) atoms. The second kappa shape index (κ2) is 6.57. The Bertz CT molecular complexity index is 954. The first kappa shape index (κ1) is 16.2. The molecule has 3 aromatic rings. The zero-order valence-corrected chi connectivity index (χ0v) is 14.4. The molecule has 1 fully saturated rings. The molecule has 0 bridgehead atoms. The van der Waals surface area contributed by atoms with Gasteiger partial charge in [-0.15, -0.1) is 10.2 Å². The van der Waals surface area contributed by atoms with Gasteiger partial charge >= 0.3 is 0 Å². The van der Waals surface area contributed by atoms with Gasteiger partial charge in [0, 0.05) is 25.5 Å². The molecule has 1 amide bonds. The van der Waals surface area contributed by atoms with Crippen molar-refractivity contribution in [3.8, 4) is 0 Å². The summed E-state index contributed by atoms with van der Waals surface area (Å²) >= 11 is 1.25. The fraction of sp³-hybridized carbons (Fsp3) is 0.375. The molecular formula is C16H16FN5O2S. The van der Waals surface area contributed by atoms with Crippen molar-refractivity contribution in [1.82, 2.24) is 24.6 Å². The van der Waals surface area contributed by atoms with E-state index in [0.29, 0.717) is 48.0 Å². The van der Waals surface area contributed by atoms with Crippen LogP contribution in [0.25, 0.3) is 22.1 Å². The van der Waals surface area contributed by atoms with Crippen LogP contribution in [0.1, 0.15) is 0 Å². The van der Waals surface area contributed by atoms with Crippen LogP contribution < -0.4 is 0 Å². The summed E-state index contributed by atoms with van der Waals surface area (Å²) in [5, 5.41) is 9.39. The number of morpholine rings is 1. The second-order valence-electron chi connectivity index (χ2n) is 5.77. The summed E-state index contributed by atoms with van der Waals surface area (Å²) in [6.07, 6.45) is 0. The first-order valence-corrected chi connectivity index (χ1v) is 8.89. The van der Waals surface area contributed by atoms with E-state index in [2.05, 4.69) is 15.2 Å². The van der Waals surface area contributed by atoms with Crippen molar-refractivity contribution in [1.29, 1.82) is 0 Å². The van der Waals surface area contributed by atoms with E-state index in [0.717, 1.165) is 5.52 Å². The topological polar surface area (TPSA) is 73.1 Å². The highest BCUT2D eigenvalue weighted by molar-refractivity contribution is 7.99. The van der Waals surface area contributed by atoms with Crippen molar-refractivity contribution in [3.05, 3.63) is 24.0 Å². The Hall–Kier alpha value is -2.26. The van der Waals surface area contributed by atoms with Gasteiger partial charge in [0.1, 0.15) is 11.3 Å². The zero-order valence-electron chi connectivity index (χ0n) is 13.6. The number of aryl methyl sites for hydroxylation is 1. The van der Waals surface area contributed by atoms with Crippen LogP contribution in [0.2, 0.25) is 0 Å². The van der Waals surface area contributed by atoms with Gasteiger partial charge in [-0.2, -0.15) is 0 Å². The normalized spacial score (nSPS) is 15.2. The molecule has 1 aliphatic heterocycles. The van der Waals surface area contributed by atoms with E-state index < -0.39 is 0 Å². The third-order valence-electron chi connectivity index (χ3n) is 4.23. The molecule has 2 aromatic heterocycles. The summed E-state index contributed by atoms with van der Waals surface area (Å²) in [5.41, 5.74) is 2.02. The van der Waals surface area contributed by atoms with E-state index in [1.54, 1.807) is 11.0 Å². The third-order valence-corrected chi connectivity index (χ3v) is 5.05. The van der Waals surface area contributed by atoms with Crippen LogP contribution in [0.4, 0.5) is 4.39 Å². The number of carbonyl (C=O) groups is 1. The lowest BCUT2D eigenvalue weighted by atomic mass is 10.2. The van der Waals surface area contributed by atoms with E-state index in [1.807, 2.05) is 11.6 Å². The van der Waals surface area contributed by atoms with Crippen LogP contribution in [-0.2, 0) is 16.6 Å². The number of carbonyl (C=O) groups excluding carboxylic acids is 1. The van der Waals surface area contributed by atoms with E-state index in [-0.39, 0.29) is 17.5 Å². The van der Waals surface area contributed by atoms with E-state index >= 15 is 0 Å². The average Bonchev–Trinajstić information content (AvgIpc) is 2.92. The Labute approximate surface area is 147 Å². The first-order chi connectivity index (χ1) is 12.1. The quantitative estimate of drug-likeness (QED) is 0.660. The number of rotatable bonds is 3. The van der Waals surface area contributed by atoms with E-state index in [1.165, 1.54) is 23.9 Å². The lowest BCUT2D eigenvalue weighted by Gasteiger charge is -2.26. The standard InChI is InChI=1S/C16H16FN5O2S/c1-21-12-3-2-10(17)8-11(12)14-15(21)18-16(20-19-14)25-9-13(23)22-4-6-24-7-5-22/h2-3,8H,4-7,9H2,1H3. The highest BCUT2D eigenvalue weighted by Gasteiger charge is 2.18. The molecule has 1 aliphatic rings. The first-order valence-electron chi connectivity index (χ1n) is 7.90. The number of nitrogens with zero attached hydrogens (tertiary/aromatic N) is 5. The summed E-state index contributed by atoms with van der Waals surface area (Å²) in [7, 11) is 1.85. The fourth-order valence-electron chi connectivity index (χ4n) is 2.91. The lowest BCUT2D eigenvalue weighted by molar-refractivity contribution is -0.132. The van der Waals surface area contributed by atoms with Crippen LogP contribution in [0.5, 0.6) is 0 Å². The van der Waals surface area contributed by atoms with Crippen LogP contribution in [-0.4, -0.2) is 62.6 Å². The smallest absolute Gasteiger partial charge is 0.233 e. The van der Waals surface area contributed by atoms with Gasteiger partial charge < -0.3 is 14.2 Å². The number of benzene rings is 1. The van der Waals surface area contributed by atoms with Crippen molar-refractivity contribution in [2.24, 2.45) is 7.05 Å². The minimum absolute atomic E-state index is 0.0381. The SMILES string of the molecule is Cn1c2ccc(F)cc2c2nnc(SCC(=O)N3CCOCC3)nc21. The lowest BCUT2D eigenvalue weighted by Crippen LogP contribution is -2.41. The predicted molar refractivity (Wildman–Crippen MR) is 91.9 cm³/mol. The molecule has 4 rings (SSSR count). The Morgan fingerprint density at radius 1 is 1.32 bits per heavy atom. The average molecular weight is 361 g/mol. The summed E-state index contributed by atoms with van der Waals surface area (Å²) in [4.78, 5) is 18.5. The van der Waals surface area contributed by atoms with Crippen molar-refractivity contribution < 1.29 is 13.9 Å². The van der Waals surface area contributed by atoms with Crippen LogP contribution in [0, 0.1) is 5.82 Å². The van der Waals surface area contributed by atoms with Crippen LogP contribution in [0.15, 0.2) is 23.4 Å². The molecular weight excluding hydrogens is 345 g/mol. The van der Waals surface area contributed by atoms with Gasteiger partial charge in [0.05, 0.1) is 24.5 Å². The largest absolute Gasteiger partial charge is 0.378 e. The van der Waals surface area contributed by atoms with Crippen molar-refractivity contribution in [2.45, 2.75) is 5.16 Å². The highest BCUT2D eigenvalue weighted by atomic mass is 32.2. The molecule has 1 saturated heterocycles. The van der Waals surface area contributed by atoms with Crippen LogP contribution in [0.3, 0.4) is 0 Å². The van der Waals surface area contributed by atoms with Gasteiger partial charge in [-0.3, -0.25) is 4.79 Å². The Balaban J connectivity index is 1.57. The van der Waals surface area contributed by atoms with Crippen molar-refractivity contribution in [2.75, 3.05) is 32.1 Å². The minimum Gasteiger partial charge on any atom is -0.378 e. The Morgan fingerprint density at radius 2 is 2.12 bits per heavy atom. The van der Waals surface area contributed by atoms with Gasteiger partial charge in [0.2, 0.25) is 11.1 Å². The maximum Gasteiger partial charge on any atom is 0.233 e. The second-order valence-corrected chi connectivity index (χ2v) is 6.71. The van der Waals surface area contributed by atoms with Crippen molar-refractivity contribution in [3.63, 3.8) is 0 Å². The number of fused-ring (bicyclic) bond motifs is 3. The number of thioether (sulfide) groups is 1. The molecule has 130 valence electrons. The number of hydrogen-bond acceptors (Lipinski definition) is 6. The summed E-state index contributed by atoms with van der Waals surface area (Å²) < 4.78 is 20.6. The molecule has 0 saturated carbocycles. The molecule has 9 heteroatoms. The van der Waals surface area contributed by atoms with E-state index in [4.69, 9.17) is 4.74 Å². The fourth-order valence-corrected chi connectivity index (χ4v) is 3.59. The van der Waals surface area contributed by atoms with Gasteiger partial charge in [-0.25, -0.2) is 9.37 Å². The van der Waals surface area contributed by atoms with Gasteiger partial charge in [0.25, 0.3) is 0 Å².